The Hall–Kier alpha value is -3.45. The van der Waals surface area contributed by atoms with Crippen LogP contribution in [0, 0.1) is 12.8 Å². The minimum atomic E-state index is -0.348. The summed E-state index contributed by atoms with van der Waals surface area (Å²) in [5, 5.41) is 6.84. The Morgan fingerprint density at radius 2 is 1.90 bits per heavy atom. The average Bonchev–Trinajstić information content (AvgIpc) is 3.26. The van der Waals surface area contributed by atoms with E-state index in [9.17, 15) is 9.59 Å². The van der Waals surface area contributed by atoms with Gasteiger partial charge >= 0.3 is 0 Å². The van der Waals surface area contributed by atoms with Crippen molar-refractivity contribution in [2.75, 3.05) is 18.4 Å². The molecule has 0 saturated carbocycles. The van der Waals surface area contributed by atoms with E-state index in [-0.39, 0.29) is 23.5 Å². The smallest absolute Gasteiger partial charge is 0.294 e. The van der Waals surface area contributed by atoms with E-state index in [1.54, 1.807) is 6.07 Å². The van der Waals surface area contributed by atoms with Crippen LogP contribution in [-0.2, 0) is 11.3 Å². The van der Waals surface area contributed by atoms with Gasteiger partial charge in [-0.15, -0.1) is 0 Å². The number of aromatic nitrogens is 1. The van der Waals surface area contributed by atoms with E-state index in [1.165, 1.54) is 0 Å². The number of carbonyl (C=O) groups is 2. The highest BCUT2D eigenvalue weighted by atomic mass is 16.5. The average molecular weight is 418 g/mol. The minimum absolute atomic E-state index is 0.0704. The summed E-state index contributed by atoms with van der Waals surface area (Å²) < 4.78 is 5.23. The SMILES string of the molecule is Cc1ccc(-c2cc(C(=O)Nc3ccc(CN4CCCC(C(N)=O)C4)cc3)on2)cc1. The first-order valence-corrected chi connectivity index (χ1v) is 10.4. The molecule has 0 bridgehead atoms. The van der Waals surface area contributed by atoms with Gasteiger partial charge in [-0.25, -0.2) is 0 Å². The zero-order valence-corrected chi connectivity index (χ0v) is 17.5. The summed E-state index contributed by atoms with van der Waals surface area (Å²) in [5.41, 5.74) is 9.92. The summed E-state index contributed by atoms with van der Waals surface area (Å²) >= 11 is 0. The maximum Gasteiger partial charge on any atom is 0.294 e. The van der Waals surface area contributed by atoms with Crippen LogP contribution >= 0.6 is 0 Å². The number of nitrogens with zero attached hydrogens (tertiary/aromatic N) is 2. The van der Waals surface area contributed by atoms with Crippen LogP contribution in [0.2, 0.25) is 0 Å². The quantitative estimate of drug-likeness (QED) is 0.637. The molecule has 160 valence electrons. The number of benzene rings is 2. The van der Waals surface area contributed by atoms with Crippen LogP contribution in [0.1, 0.15) is 34.5 Å². The van der Waals surface area contributed by atoms with Gasteiger partial charge in [0, 0.05) is 30.4 Å². The molecule has 2 aromatic carbocycles. The van der Waals surface area contributed by atoms with Crippen LogP contribution in [0.25, 0.3) is 11.3 Å². The number of hydrogen-bond donors (Lipinski definition) is 2. The Balaban J connectivity index is 1.35. The maximum atomic E-state index is 12.5. The number of nitrogens with one attached hydrogen (secondary N) is 1. The Morgan fingerprint density at radius 1 is 1.16 bits per heavy atom. The molecule has 0 aliphatic carbocycles. The fourth-order valence-electron chi connectivity index (χ4n) is 3.82. The Bertz CT molecular complexity index is 1060. The zero-order valence-electron chi connectivity index (χ0n) is 17.5. The molecule has 1 unspecified atom stereocenters. The maximum absolute atomic E-state index is 12.5. The third-order valence-electron chi connectivity index (χ3n) is 5.61. The number of piperidine rings is 1. The molecule has 4 rings (SSSR count). The molecule has 3 aromatic rings. The van der Waals surface area contributed by atoms with E-state index in [4.69, 9.17) is 10.3 Å². The van der Waals surface area contributed by atoms with Gasteiger partial charge in [0.2, 0.25) is 11.7 Å². The molecule has 1 saturated heterocycles. The van der Waals surface area contributed by atoms with Crippen LogP contribution < -0.4 is 11.1 Å². The molecule has 7 heteroatoms. The van der Waals surface area contributed by atoms with Gasteiger partial charge in [-0.2, -0.15) is 0 Å². The van der Waals surface area contributed by atoms with Gasteiger partial charge in [-0.1, -0.05) is 47.1 Å². The second kappa shape index (κ2) is 9.14. The molecule has 0 radical (unpaired) electrons. The molecular weight excluding hydrogens is 392 g/mol. The molecular formula is C24H26N4O3. The Morgan fingerprint density at radius 3 is 2.61 bits per heavy atom. The lowest BCUT2D eigenvalue weighted by molar-refractivity contribution is -0.123. The molecule has 1 aliphatic rings. The number of amides is 2. The first kappa shape index (κ1) is 20.8. The first-order valence-electron chi connectivity index (χ1n) is 10.4. The Labute approximate surface area is 181 Å². The van der Waals surface area contributed by atoms with E-state index in [0.717, 1.165) is 42.6 Å². The lowest BCUT2D eigenvalue weighted by Crippen LogP contribution is -2.40. The topological polar surface area (TPSA) is 101 Å². The number of hydrogen-bond acceptors (Lipinski definition) is 5. The normalized spacial score (nSPS) is 16.7. The fraction of sp³-hybridized carbons (Fsp3) is 0.292. The summed E-state index contributed by atoms with van der Waals surface area (Å²) in [6, 6.07) is 17.2. The molecule has 1 fully saturated rings. The third kappa shape index (κ3) is 5.19. The van der Waals surface area contributed by atoms with Gasteiger partial charge in [0.15, 0.2) is 0 Å². The highest BCUT2D eigenvalue weighted by Crippen LogP contribution is 2.22. The molecule has 3 N–H and O–H groups in total. The van der Waals surface area contributed by atoms with Crippen molar-refractivity contribution < 1.29 is 14.1 Å². The van der Waals surface area contributed by atoms with Crippen LogP contribution in [0.15, 0.2) is 59.1 Å². The van der Waals surface area contributed by atoms with Crippen molar-refractivity contribution in [1.29, 1.82) is 0 Å². The van der Waals surface area contributed by atoms with Crippen molar-refractivity contribution in [3.63, 3.8) is 0 Å². The molecule has 31 heavy (non-hydrogen) atoms. The second-order valence-electron chi connectivity index (χ2n) is 8.07. The van der Waals surface area contributed by atoms with Gasteiger partial charge in [0.1, 0.15) is 5.69 Å². The number of aryl methyl sites for hydroxylation is 1. The lowest BCUT2D eigenvalue weighted by atomic mass is 9.97. The van der Waals surface area contributed by atoms with Crippen LogP contribution in [0.4, 0.5) is 5.69 Å². The van der Waals surface area contributed by atoms with Gasteiger partial charge in [-0.3, -0.25) is 14.5 Å². The van der Waals surface area contributed by atoms with E-state index in [2.05, 4.69) is 15.4 Å². The molecule has 0 spiro atoms. The predicted molar refractivity (Wildman–Crippen MR) is 118 cm³/mol. The van der Waals surface area contributed by atoms with E-state index in [1.807, 2.05) is 55.5 Å². The minimum Gasteiger partial charge on any atom is -0.369 e. The largest absolute Gasteiger partial charge is 0.369 e. The first-order chi connectivity index (χ1) is 15.0. The number of rotatable bonds is 6. The fourth-order valence-corrected chi connectivity index (χ4v) is 3.82. The summed E-state index contributed by atoms with van der Waals surface area (Å²) in [6.07, 6.45) is 1.84. The van der Waals surface area contributed by atoms with Crippen molar-refractivity contribution in [3.8, 4) is 11.3 Å². The summed E-state index contributed by atoms with van der Waals surface area (Å²) in [4.78, 5) is 26.2. The monoisotopic (exact) mass is 418 g/mol. The van der Waals surface area contributed by atoms with Crippen molar-refractivity contribution in [2.24, 2.45) is 11.7 Å². The molecule has 1 atom stereocenters. The van der Waals surface area contributed by atoms with E-state index in [0.29, 0.717) is 17.9 Å². The van der Waals surface area contributed by atoms with Gasteiger partial charge < -0.3 is 15.6 Å². The molecule has 2 heterocycles. The van der Waals surface area contributed by atoms with Gasteiger partial charge in [0.25, 0.3) is 5.91 Å². The highest BCUT2D eigenvalue weighted by molar-refractivity contribution is 6.02. The third-order valence-corrected chi connectivity index (χ3v) is 5.61. The van der Waals surface area contributed by atoms with Crippen molar-refractivity contribution in [3.05, 3.63) is 71.5 Å². The molecule has 2 amide bonds. The lowest BCUT2D eigenvalue weighted by Gasteiger charge is -2.31. The molecule has 1 aliphatic heterocycles. The summed E-state index contributed by atoms with van der Waals surface area (Å²) in [7, 11) is 0. The van der Waals surface area contributed by atoms with Gasteiger partial charge in [-0.05, 0) is 44.0 Å². The van der Waals surface area contributed by atoms with Crippen molar-refractivity contribution >= 4 is 17.5 Å². The van der Waals surface area contributed by atoms with Gasteiger partial charge in [0.05, 0.1) is 5.92 Å². The second-order valence-corrected chi connectivity index (χ2v) is 8.07. The Kier molecular flexibility index (Phi) is 6.13. The van der Waals surface area contributed by atoms with Crippen LogP contribution in [0.3, 0.4) is 0 Å². The van der Waals surface area contributed by atoms with E-state index < -0.39 is 0 Å². The summed E-state index contributed by atoms with van der Waals surface area (Å²) in [6.45, 7) is 4.42. The molecule has 7 nitrogen and oxygen atoms in total. The number of primary amides is 1. The highest BCUT2D eigenvalue weighted by Gasteiger charge is 2.23. The number of carbonyl (C=O) groups excluding carboxylic acids is 2. The number of anilines is 1. The van der Waals surface area contributed by atoms with Crippen LogP contribution in [0.5, 0.6) is 0 Å². The summed E-state index contributed by atoms with van der Waals surface area (Å²) in [5.74, 6) is -0.482. The number of likely N-dealkylation sites (tertiary alicyclic amines) is 1. The van der Waals surface area contributed by atoms with Crippen molar-refractivity contribution in [1.82, 2.24) is 10.1 Å². The predicted octanol–water partition coefficient (Wildman–Crippen LogP) is 3.60. The zero-order chi connectivity index (χ0) is 21.8. The number of nitrogens with two attached hydrogens (primary N) is 1. The van der Waals surface area contributed by atoms with Crippen LogP contribution in [-0.4, -0.2) is 35.0 Å². The van der Waals surface area contributed by atoms with E-state index >= 15 is 0 Å². The standard InChI is InChI=1S/C24H26N4O3/c1-16-4-8-18(9-5-16)21-13-22(31-27-21)24(30)26-20-10-6-17(7-11-20)14-28-12-2-3-19(15-28)23(25)29/h4-11,13,19H,2-3,12,14-15H2,1H3,(H2,25,29)(H,26,30). The molecule has 1 aromatic heterocycles. The van der Waals surface area contributed by atoms with Crippen molar-refractivity contribution in [2.45, 2.75) is 26.3 Å².